The number of imidazole rings is 1. The minimum Gasteiger partial charge on any atom is -0.324 e. The molecule has 6 nitrogen and oxygen atoms in total. The van der Waals surface area contributed by atoms with E-state index in [9.17, 15) is 9.59 Å². The summed E-state index contributed by atoms with van der Waals surface area (Å²) in [5, 5.41) is 2.97. The molecule has 6 heteroatoms. The molecular formula is C22H24N4O2. The van der Waals surface area contributed by atoms with Crippen LogP contribution >= 0.6 is 0 Å². The van der Waals surface area contributed by atoms with Crippen molar-refractivity contribution < 1.29 is 9.59 Å². The number of nitrogens with one attached hydrogen (secondary N) is 1. The zero-order valence-corrected chi connectivity index (χ0v) is 16.0. The van der Waals surface area contributed by atoms with Crippen molar-refractivity contribution in [1.82, 2.24) is 9.55 Å². The minimum absolute atomic E-state index is 0.111. The molecule has 0 spiro atoms. The summed E-state index contributed by atoms with van der Waals surface area (Å²) in [6.07, 6.45) is 3.30. The summed E-state index contributed by atoms with van der Waals surface area (Å²) < 4.78 is 1.96. The number of rotatable bonds is 5. The van der Waals surface area contributed by atoms with Crippen LogP contribution in [0.5, 0.6) is 0 Å². The van der Waals surface area contributed by atoms with Crippen LogP contribution in [0.1, 0.15) is 32.0 Å². The van der Waals surface area contributed by atoms with E-state index in [1.165, 1.54) is 0 Å². The summed E-state index contributed by atoms with van der Waals surface area (Å²) in [6, 6.07) is 15.4. The molecule has 0 aliphatic carbocycles. The third-order valence-electron chi connectivity index (χ3n) is 5.12. The first-order chi connectivity index (χ1) is 13.7. The molecule has 0 unspecified atom stereocenters. The molecule has 1 fully saturated rings. The van der Waals surface area contributed by atoms with Crippen LogP contribution in [0.25, 0.3) is 11.0 Å². The number of aromatic nitrogens is 2. The number of hydrogen-bond donors (Lipinski definition) is 1. The molecule has 1 saturated heterocycles. The molecule has 0 radical (unpaired) electrons. The molecule has 1 aliphatic heterocycles. The van der Waals surface area contributed by atoms with Gasteiger partial charge in [-0.3, -0.25) is 9.59 Å². The van der Waals surface area contributed by atoms with Crippen molar-refractivity contribution in [2.75, 3.05) is 16.8 Å². The lowest BCUT2D eigenvalue weighted by Gasteiger charge is -2.27. The van der Waals surface area contributed by atoms with E-state index < -0.39 is 0 Å². The highest BCUT2D eigenvalue weighted by atomic mass is 16.2. The molecular weight excluding hydrogens is 352 g/mol. The van der Waals surface area contributed by atoms with Crippen LogP contribution in [-0.2, 0) is 22.6 Å². The Morgan fingerprint density at radius 3 is 2.82 bits per heavy atom. The molecule has 2 amide bonds. The number of fused-ring (bicyclic) bond motifs is 1. The molecule has 0 bridgehead atoms. The van der Waals surface area contributed by atoms with Gasteiger partial charge in [-0.05, 0) is 43.2 Å². The predicted molar refractivity (Wildman–Crippen MR) is 110 cm³/mol. The van der Waals surface area contributed by atoms with Crippen LogP contribution in [0.3, 0.4) is 0 Å². The molecule has 0 saturated carbocycles. The fourth-order valence-corrected chi connectivity index (χ4v) is 3.75. The molecule has 4 rings (SSSR count). The van der Waals surface area contributed by atoms with E-state index in [2.05, 4.69) is 10.3 Å². The third-order valence-corrected chi connectivity index (χ3v) is 5.12. The lowest BCUT2D eigenvalue weighted by Crippen LogP contribution is -2.35. The summed E-state index contributed by atoms with van der Waals surface area (Å²) in [5.74, 6) is 0.927. The van der Waals surface area contributed by atoms with Gasteiger partial charge in [-0.25, -0.2) is 4.98 Å². The normalized spacial score (nSPS) is 14.5. The van der Waals surface area contributed by atoms with Crippen LogP contribution < -0.4 is 10.2 Å². The molecule has 1 N–H and O–H groups in total. The molecule has 1 aromatic heterocycles. The number of carbonyl (C=O) groups excluding carboxylic acids is 2. The van der Waals surface area contributed by atoms with E-state index in [0.29, 0.717) is 12.1 Å². The number of anilines is 2. The Morgan fingerprint density at radius 2 is 2.00 bits per heavy atom. The van der Waals surface area contributed by atoms with Gasteiger partial charge in [0, 0.05) is 30.8 Å². The van der Waals surface area contributed by atoms with Crippen molar-refractivity contribution in [2.24, 2.45) is 0 Å². The summed E-state index contributed by atoms with van der Waals surface area (Å²) in [6.45, 7) is 2.97. The third kappa shape index (κ3) is 3.63. The van der Waals surface area contributed by atoms with Gasteiger partial charge < -0.3 is 14.8 Å². The van der Waals surface area contributed by atoms with E-state index in [1.807, 2.05) is 60.0 Å². The van der Waals surface area contributed by atoms with E-state index in [4.69, 9.17) is 0 Å². The first-order valence-electron chi connectivity index (χ1n) is 9.80. The van der Waals surface area contributed by atoms with Crippen LogP contribution in [0.2, 0.25) is 0 Å². The van der Waals surface area contributed by atoms with Crippen LogP contribution in [-0.4, -0.2) is 27.9 Å². The zero-order valence-electron chi connectivity index (χ0n) is 16.0. The van der Waals surface area contributed by atoms with E-state index >= 15 is 0 Å². The highest BCUT2D eigenvalue weighted by molar-refractivity contribution is 5.96. The van der Waals surface area contributed by atoms with Crippen molar-refractivity contribution in [3.8, 4) is 0 Å². The number of benzene rings is 2. The Kier molecular flexibility index (Phi) is 5.10. The fourth-order valence-electron chi connectivity index (χ4n) is 3.75. The number of nitrogens with zero attached hydrogens (tertiary/aromatic N) is 3. The minimum atomic E-state index is -0.111. The second kappa shape index (κ2) is 7.84. The highest BCUT2D eigenvalue weighted by Gasteiger charge is 2.20. The second-order valence-corrected chi connectivity index (χ2v) is 7.06. The molecule has 2 aromatic carbocycles. The Hall–Kier alpha value is -3.15. The predicted octanol–water partition coefficient (Wildman–Crippen LogP) is 3.75. The standard InChI is InChI=1S/C22H24N4O2/c1-2-20-24-18-10-3-4-11-19(18)26(20)15-21(27)23-16-8-7-9-17(14-16)25-13-6-5-12-22(25)28/h3-4,7-11,14H,2,5-6,12-13,15H2,1H3,(H,23,27). The number of aryl methyl sites for hydroxylation is 1. The average molecular weight is 376 g/mol. The number of amides is 2. The number of piperidine rings is 1. The maximum Gasteiger partial charge on any atom is 0.244 e. The quantitative estimate of drug-likeness (QED) is 0.737. The first kappa shape index (κ1) is 18.2. The Labute approximate surface area is 164 Å². The summed E-state index contributed by atoms with van der Waals surface area (Å²) in [5.41, 5.74) is 3.40. The Morgan fingerprint density at radius 1 is 1.14 bits per heavy atom. The highest BCUT2D eigenvalue weighted by Crippen LogP contribution is 2.24. The van der Waals surface area contributed by atoms with Crippen molar-refractivity contribution >= 4 is 34.2 Å². The number of hydrogen-bond acceptors (Lipinski definition) is 3. The van der Waals surface area contributed by atoms with Gasteiger partial charge in [-0.2, -0.15) is 0 Å². The first-order valence-corrected chi connectivity index (χ1v) is 9.80. The molecule has 28 heavy (non-hydrogen) atoms. The number of para-hydroxylation sites is 2. The molecule has 1 aliphatic rings. The van der Waals surface area contributed by atoms with E-state index in [1.54, 1.807) is 4.90 Å². The van der Waals surface area contributed by atoms with E-state index in [-0.39, 0.29) is 18.4 Å². The maximum absolute atomic E-state index is 12.7. The van der Waals surface area contributed by atoms with Gasteiger partial charge in [0.1, 0.15) is 12.4 Å². The average Bonchev–Trinajstić information content (AvgIpc) is 3.06. The van der Waals surface area contributed by atoms with Gasteiger partial charge in [0.2, 0.25) is 11.8 Å². The van der Waals surface area contributed by atoms with Gasteiger partial charge in [0.15, 0.2) is 0 Å². The monoisotopic (exact) mass is 376 g/mol. The smallest absolute Gasteiger partial charge is 0.244 e. The molecule has 144 valence electrons. The zero-order chi connectivity index (χ0) is 19.5. The summed E-state index contributed by atoms with van der Waals surface area (Å²) in [4.78, 5) is 31.3. The van der Waals surface area contributed by atoms with Gasteiger partial charge in [0.25, 0.3) is 0 Å². The maximum atomic E-state index is 12.7. The Balaban J connectivity index is 1.52. The molecule has 3 aromatic rings. The fraction of sp³-hybridized carbons (Fsp3) is 0.318. The number of carbonyl (C=O) groups is 2. The van der Waals surface area contributed by atoms with Crippen LogP contribution in [0.15, 0.2) is 48.5 Å². The van der Waals surface area contributed by atoms with Crippen molar-refractivity contribution in [1.29, 1.82) is 0 Å². The van der Waals surface area contributed by atoms with Gasteiger partial charge in [-0.1, -0.05) is 25.1 Å². The summed E-state index contributed by atoms with van der Waals surface area (Å²) >= 11 is 0. The van der Waals surface area contributed by atoms with Crippen molar-refractivity contribution in [3.05, 3.63) is 54.4 Å². The van der Waals surface area contributed by atoms with Crippen molar-refractivity contribution in [3.63, 3.8) is 0 Å². The van der Waals surface area contributed by atoms with Crippen LogP contribution in [0, 0.1) is 0 Å². The molecule has 2 heterocycles. The van der Waals surface area contributed by atoms with Crippen molar-refractivity contribution in [2.45, 2.75) is 39.2 Å². The lowest BCUT2D eigenvalue weighted by atomic mass is 10.1. The Bertz CT molecular complexity index is 1020. The lowest BCUT2D eigenvalue weighted by molar-refractivity contribution is -0.119. The summed E-state index contributed by atoms with van der Waals surface area (Å²) in [7, 11) is 0. The van der Waals surface area contributed by atoms with Gasteiger partial charge in [-0.15, -0.1) is 0 Å². The van der Waals surface area contributed by atoms with E-state index in [0.717, 1.165) is 48.4 Å². The van der Waals surface area contributed by atoms with Gasteiger partial charge in [0.05, 0.1) is 11.0 Å². The van der Waals surface area contributed by atoms with Crippen LogP contribution in [0.4, 0.5) is 11.4 Å². The largest absolute Gasteiger partial charge is 0.324 e. The second-order valence-electron chi connectivity index (χ2n) is 7.06. The molecule has 0 atom stereocenters. The SMILES string of the molecule is CCc1nc2ccccc2n1CC(=O)Nc1cccc(N2CCCCC2=O)c1. The topological polar surface area (TPSA) is 67.2 Å². The van der Waals surface area contributed by atoms with Gasteiger partial charge >= 0.3 is 0 Å².